The number of Topliss-reactive ketones (excluding diaryl/α,β-unsaturated/α-hetero) is 1. The molecule has 1 aliphatic heterocycles. The van der Waals surface area contributed by atoms with Crippen LogP contribution in [0.3, 0.4) is 0 Å². The molecule has 0 N–H and O–H groups in total. The van der Waals surface area contributed by atoms with E-state index in [-0.39, 0.29) is 5.92 Å². The van der Waals surface area contributed by atoms with Gasteiger partial charge in [-0.2, -0.15) is 16.9 Å². The van der Waals surface area contributed by atoms with Crippen molar-refractivity contribution in [1.82, 2.24) is 9.78 Å². The number of hydrogen-bond donors (Lipinski definition) is 0. The van der Waals surface area contributed by atoms with Gasteiger partial charge in [-0.05, 0) is 31.1 Å². The average molecular weight is 278 g/mol. The van der Waals surface area contributed by atoms with Crippen molar-refractivity contribution in [3.05, 3.63) is 18.0 Å². The zero-order chi connectivity index (χ0) is 13.1. The first kappa shape index (κ1) is 13.2. The number of carbonyl (C=O) groups excluding carboxylic acids is 1. The maximum absolute atomic E-state index is 12.1. The van der Waals surface area contributed by atoms with Crippen LogP contribution in [-0.4, -0.2) is 27.1 Å². The minimum Gasteiger partial charge on any atom is -0.299 e. The van der Waals surface area contributed by atoms with Crippen LogP contribution < -0.4 is 0 Å². The lowest BCUT2D eigenvalue weighted by Crippen LogP contribution is -2.17. The Balaban J connectivity index is 1.59. The molecule has 1 aromatic rings. The van der Waals surface area contributed by atoms with E-state index < -0.39 is 0 Å². The number of rotatable bonds is 4. The van der Waals surface area contributed by atoms with Gasteiger partial charge in [0.05, 0.1) is 18.2 Å². The monoisotopic (exact) mass is 278 g/mol. The van der Waals surface area contributed by atoms with Gasteiger partial charge in [-0.3, -0.25) is 9.48 Å². The largest absolute Gasteiger partial charge is 0.299 e. The van der Waals surface area contributed by atoms with Gasteiger partial charge in [0.1, 0.15) is 5.78 Å². The summed E-state index contributed by atoms with van der Waals surface area (Å²) in [4.78, 5) is 12.1. The predicted octanol–water partition coefficient (Wildman–Crippen LogP) is 3.25. The number of nitrogens with zero attached hydrogens (tertiary/aromatic N) is 2. The Morgan fingerprint density at radius 2 is 2.16 bits per heavy atom. The van der Waals surface area contributed by atoms with Gasteiger partial charge in [-0.25, -0.2) is 0 Å². The minimum absolute atomic E-state index is 0.282. The van der Waals surface area contributed by atoms with Gasteiger partial charge >= 0.3 is 0 Å². The van der Waals surface area contributed by atoms with Crippen molar-refractivity contribution in [2.24, 2.45) is 5.92 Å². The van der Waals surface area contributed by atoms with Crippen LogP contribution in [0, 0.1) is 5.92 Å². The second-order valence-corrected chi connectivity index (χ2v) is 6.93. The van der Waals surface area contributed by atoms with E-state index in [2.05, 4.69) is 16.0 Å². The van der Waals surface area contributed by atoms with Crippen LogP contribution in [0.15, 0.2) is 12.3 Å². The van der Waals surface area contributed by atoms with Crippen molar-refractivity contribution >= 4 is 17.5 Å². The van der Waals surface area contributed by atoms with Crippen LogP contribution in [0.4, 0.5) is 0 Å². The summed E-state index contributed by atoms with van der Waals surface area (Å²) in [7, 11) is 0. The van der Waals surface area contributed by atoms with E-state index in [1.54, 1.807) is 0 Å². The fraction of sp³-hybridized carbons (Fsp3) is 0.733. The average Bonchev–Trinajstić information content (AvgIpc) is 3.11. The van der Waals surface area contributed by atoms with E-state index in [1.165, 1.54) is 32.1 Å². The number of ketones is 1. The molecule has 2 aliphatic rings. The van der Waals surface area contributed by atoms with E-state index in [9.17, 15) is 4.79 Å². The third kappa shape index (κ3) is 3.22. The van der Waals surface area contributed by atoms with Crippen molar-refractivity contribution in [1.29, 1.82) is 0 Å². The fourth-order valence-electron chi connectivity index (χ4n) is 3.13. The maximum atomic E-state index is 12.1. The van der Waals surface area contributed by atoms with Crippen molar-refractivity contribution in [2.45, 2.75) is 51.0 Å². The van der Waals surface area contributed by atoms with Gasteiger partial charge in [0.15, 0.2) is 0 Å². The number of aromatic nitrogens is 2. The molecule has 2 heterocycles. The summed E-state index contributed by atoms with van der Waals surface area (Å²) in [6.45, 7) is 0. The molecule has 0 spiro atoms. The summed E-state index contributed by atoms with van der Waals surface area (Å²) in [5.41, 5.74) is 0.965. The fourth-order valence-corrected chi connectivity index (χ4v) is 4.39. The van der Waals surface area contributed by atoms with Crippen molar-refractivity contribution < 1.29 is 4.79 Å². The molecule has 1 aromatic heterocycles. The Morgan fingerprint density at radius 3 is 2.89 bits per heavy atom. The third-order valence-corrected chi connectivity index (χ3v) is 5.52. The molecule has 104 valence electrons. The molecule has 0 amide bonds. The van der Waals surface area contributed by atoms with E-state index in [1.807, 2.05) is 17.8 Å². The SMILES string of the molecule is O=C(Cc1ccn(C2CCCCC2)n1)C1CCSC1. The summed E-state index contributed by atoms with van der Waals surface area (Å²) in [6.07, 6.45) is 10.2. The number of hydrogen-bond acceptors (Lipinski definition) is 3. The molecular weight excluding hydrogens is 256 g/mol. The van der Waals surface area contributed by atoms with E-state index in [0.29, 0.717) is 18.2 Å². The Morgan fingerprint density at radius 1 is 1.32 bits per heavy atom. The zero-order valence-electron chi connectivity index (χ0n) is 11.4. The van der Waals surface area contributed by atoms with Gasteiger partial charge in [-0.15, -0.1) is 0 Å². The third-order valence-electron chi connectivity index (χ3n) is 4.35. The molecular formula is C15H22N2OS. The Bertz CT molecular complexity index is 431. The van der Waals surface area contributed by atoms with E-state index in [0.717, 1.165) is 23.6 Å². The van der Waals surface area contributed by atoms with Crippen LogP contribution in [0.2, 0.25) is 0 Å². The highest BCUT2D eigenvalue weighted by molar-refractivity contribution is 7.99. The van der Waals surface area contributed by atoms with Gasteiger partial charge in [0, 0.05) is 17.9 Å². The number of carbonyl (C=O) groups is 1. The second kappa shape index (κ2) is 6.12. The quantitative estimate of drug-likeness (QED) is 0.848. The molecule has 0 aromatic carbocycles. The molecule has 1 aliphatic carbocycles. The Kier molecular flexibility index (Phi) is 4.26. The van der Waals surface area contributed by atoms with Gasteiger partial charge in [0.2, 0.25) is 0 Å². The van der Waals surface area contributed by atoms with Crippen LogP contribution >= 0.6 is 11.8 Å². The molecule has 3 rings (SSSR count). The lowest BCUT2D eigenvalue weighted by Gasteiger charge is -2.21. The summed E-state index contributed by atoms with van der Waals surface area (Å²) in [5, 5.41) is 4.63. The molecule has 1 saturated heterocycles. The van der Waals surface area contributed by atoms with E-state index in [4.69, 9.17) is 0 Å². The van der Waals surface area contributed by atoms with Gasteiger partial charge in [0.25, 0.3) is 0 Å². The zero-order valence-corrected chi connectivity index (χ0v) is 12.2. The van der Waals surface area contributed by atoms with Crippen molar-refractivity contribution in [2.75, 3.05) is 11.5 Å². The number of thioether (sulfide) groups is 1. The molecule has 0 bridgehead atoms. The smallest absolute Gasteiger partial charge is 0.142 e. The first-order chi connectivity index (χ1) is 9.33. The summed E-state index contributed by atoms with van der Waals surface area (Å²) >= 11 is 1.90. The molecule has 3 nitrogen and oxygen atoms in total. The van der Waals surface area contributed by atoms with Gasteiger partial charge < -0.3 is 0 Å². The van der Waals surface area contributed by atoms with Crippen LogP contribution in [0.1, 0.15) is 50.3 Å². The van der Waals surface area contributed by atoms with Gasteiger partial charge in [-0.1, -0.05) is 19.3 Å². The standard InChI is InChI=1S/C15H22N2OS/c18-15(12-7-9-19-11-12)10-13-6-8-17(16-13)14-4-2-1-3-5-14/h6,8,12,14H,1-5,7,9-11H2. The van der Waals surface area contributed by atoms with E-state index >= 15 is 0 Å². The highest BCUT2D eigenvalue weighted by Crippen LogP contribution is 2.28. The minimum atomic E-state index is 0.282. The first-order valence-corrected chi connectivity index (χ1v) is 8.63. The molecule has 4 heteroatoms. The predicted molar refractivity (Wildman–Crippen MR) is 78.5 cm³/mol. The molecule has 1 saturated carbocycles. The van der Waals surface area contributed by atoms with Crippen LogP contribution in [-0.2, 0) is 11.2 Å². The highest BCUT2D eigenvalue weighted by Gasteiger charge is 2.24. The Hall–Kier alpha value is -0.770. The molecule has 1 unspecified atom stereocenters. The lowest BCUT2D eigenvalue weighted by molar-refractivity contribution is -0.121. The Labute approximate surface area is 119 Å². The highest BCUT2D eigenvalue weighted by atomic mass is 32.2. The first-order valence-electron chi connectivity index (χ1n) is 7.47. The molecule has 0 radical (unpaired) electrons. The summed E-state index contributed by atoms with van der Waals surface area (Å²) < 4.78 is 2.10. The van der Waals surface area contributed by atoms with Crippen LogP contribution in [0.25, 0.3) is 0 Å². The topological polar surface area (TPSA) is 34.9 Å². The summed E-state index contributed by atoms with van der Waals surface area (Å²) in [6, 6.07) is 2.61. The maximum Gasteiger partial charge on any atom is 0.142 e. The molecule has 1 atom stereocenters. The van der Waals surface area contributed by atoms with Crippen molar-refractivity contribution in [3.63, 3.8) is 0 Å². The lowest BCUT2D eigenvalue weighted by atomic mass is 9.96. The summed E-state index contributed by atoms with van der Waals surface area (Å²) in [5.74, 6) is 2.83. The normalized spacial score (nSPS) is 24.7. The van der Waals surface area contributed by atoms with Crippen molar-refractivity contribution in [3.8, 4) is 0 Å². The molecule has 2 fully saturated rings. The second-order valence-electron chi connectivity index (χ2n) is 5.78. The van der Waals surface area contributed by atoms with Crippen LogP contribution in [0.5, 0.6) is 0 Å². The molecule has 19 heavy (non-hydrogen) atoms.